The van der Waals surface area contributed by atoms with Gasteiger partial charge in [0.15, 0.2) is 0 Å². The van der Waals surface area contributed by atoms with E-state index in [9.17, 15) is 0 Å². The van der Waals surface area contributed by atoms with Crippen molar-refractivity contribution in [3.05, 3.63) is 29.9 Å². The molecule has 0 saturated heterocycles. The lowest BCUT2D eigenvalue weighted by molar-refractivity contribution is 0.429. The van der Waals surface area contributed by atoms with Crippen LogP contribution in [0, 0.1) is 6.92 Å². The van der Waals surface area contributed by atoms with Crippen LogP contribution in [0.1, 0.15) is 44.3 Å². The lowest BCUT2D eigenvalue weighted by Crippen LogP contribution is -2.22. The molecule has 0 aliphatic rings. The van der Waals surface area contributed by atoms with E-state index in [0.717, 1.165) is 30.0 Å². The summed E-state index contributed by atoms with van der Waals surface area (Å²) in [6.45, 7) is 7.12. The van der Waals surface area contributed by atoms with Gasteiger partial charge in [-0.1, -0.05) is 13.8 Å². The Morgan fingerprint density at radius 3 is 2.70 bits per heavy atom. The Morgan fingerprint density at radius 1 is 1.30 bits per heavy atom. The van der Waals surface area contributed by atoms with Crippen LogP contribution in [-0.2, 0) is 0 Å². The van der Waals surface area contributed by atoms with Crippen molar-refractivity contribution in [2.75, 3.05) is 6.54 Å². The number of aromatic nitrogens is 3. The molecular weight excluding hydrogens is 272 g/mol. The Morgan fingerprint density at radius 2 is 2.15 bits per heavy atom. The third-order valence-electron chi connectivity index (χ3n) is 2.88. The van der Waals surface area contributed by atoms with Crippen LogP contribution in [0.3, 0.4) is 0 Å². The molecule has 2 aromatic heterocycles. The fraction of sp³-hybridized carbons (Fsp3) is 0.500. The van der Waals surface area contributed by atoms with Crippen molar-refractivity contribution in [3.8, 4) is 0 Å². The second kappa shape index (κ2) is 7.40. The van der Waals surface area contributed by atoms with E-state index < -0.39 is 0 Å². The molecule has 0 spiro atoms. The van der Waals surface area contributed by atoms with Crippen molar-refractivity contribution in [2.24, 2.45) is 0 Å². The quantitative estimate of drug-likeness (QED) is 0.844. The van der Waals surface area contributed by atoms with Crippen molar-refractivity contribution in [1.29, 1.82) is 0 Å². The van der Waals surface area contributed by atoms with E-state index in [0.29, 0.717) is 17.2 Å². The smallest absolute Gasteiger partial charge is 0.281 e. The first kappa shape index (κ1) is 15.0. The van der Waals surface area contributed by atoms with Crippen LogP contribution in [0.2, 0.25) is 0 Å². The van der Waals surface area contributed by atoms with Gasteiger partial charge in [0.1, 0.15) is 0 Å². The molecule has 108 valence electrons. The second-order valence-electron chi connectivity index (χ2n) is 4.52. The molecule has 0 radical (unpaired) electrons. The molecule has 5 nitrogen and oxygen atoms in total. The van der Waals surface area contributed by atoms with Gasteiger partial charge in [-0.05, 0) is 43.3 Å². The number of aryl methyl sites for hydroxylation is 1. The van der Waals surface area contributed by atoms with Crippen molar-refractivity contribution in [3.63, 3.8) is 0 Å². The van der Waals surface area contributed by atoms with Crippen LogP contribution >= 0.6 is 11.8 Å². The van der Waals surface area contributed by atoms with Gasteiger partial charge in [0.25, 0.3) is 5.22 Å². The first-order chi connectivity index (χ1) is 9.72. The first-order valence-corrected chi connectivity index (χ1v) is 7.71. The Kier molecular flexibility index (Phi) is 5.55. The standard InChI is InChI=1S/C14H20N4OS/c1-4-8-15-12(5-2)13-7-6-11(9-16-13)20-14-18-17-10(3)19-14/h6-7,9,12,15H,4-5,8H2,1-3H3. The molecule has 20 heavy (non-hydrogen) atoms. The molecule has 1 unspecified atom stereocenters. The van der Waals surface area contributed by atoms with Crippen LogP contribution in [0.25, 0.3) is 0 Å². The molecule has 6 heteroatoms. The van der Waals surface area contributed by atoms with Gasteiger partial charge in [0.05, 0.1) is 5.69 Å². The molecule has 2 heterocycles. The molecular formula is C14H20N4OS. The average Bonchev–Trinajstić information content (AvgIpc) is 2.86. The normalized spacial score (nSPS) is 12.6. The maximum atomic E-state index is 5.34. The Bertz CT molecular complexity index is 526. The number of rotatable bonds is 7. The zero-order valence-corrected chi connectivity index (χ0v) is 12.9. The number of hydrogen-bond acceptors (Lipinski definition) is 6. The maximum Gasteiger partial charge on any atom is 0.281 e. The van der Waals surface area contributed by atoms with E-state index in [1.807, 2.05) is 12.3 Å². The fourth-order valence-electron chi connectivity index (χ4n) is 1.86. The van der Waals surface area contributed by atoms with E-state index in [2.05, 4.69) is 40.4 Å². The Hall–Kier alpha value is -1.40. The summed E-state index contributed by atoms with van der Waals surface area (Å²) in [6.07, 6.45) is 4.01. The molecule has 2 aromatic rings. The van der Waals surface area contributed by atoms with Gasteiger partial charge >= 0.3 is 0 Å². The van der Waals surface area contributed by atoms with Crippen molar-refractivity contribution >= 4 is 11.8 Å². The van der Waals surface area contributed by atoms with Crippen LogP contribution in [0.15, 0.2) is 32.9 Å². The topological polar surface area (TPSA) is 63.8 Å². The van der Waals surface area contributed by atoms with Gasteiger partial charge in [-0.2, -0.15) is 0 Å². The fourth-order valence-corrected chi connectivity index (χ4v) is 2.54. The Balaban J connectivity index is 2.01. The van der Waals surface area contributed by atoms with Gasteiger partial charge in [0.2, 0.25) is 5.89 Å². The molecule has 1 N–H and O–H groups in total. The minimum atomic E-state index is 0.319. The molecule has 2 rings (SSSR count). The lowest BCUT2D eigenvalue weighted by Gasteiger charge is -2.15. The van der Waals surface area contributed by atoms with Gasteiger partial charge in [0, 0.05) is 24.1 Å². The molecule has 0 aliphatic carbocycles. The molecule has 0 bridgehead atoms. The summed E-state index contributed by atoms with van der Waals surface area (Å²) < 4.78 is 5.34. The highest BCUT2D eigenvalue weighted by molar-refractivity contribution is 7.99. The summed E-state index contributed by atoms with van der Waals surface area (Å²) in [7, 11) is 0. The molecule has 0 amide bonds. The molecule has 0 aliphatic heterocycles. The van der Waals surface area contributed by atoms with E-state index in [1.165, 1.54) is 11.8 Å². The highest BCUT2D eigenvalue weighted by Gasteiger charge is 2.10. The number of nitrogens with one attached hydrogen (secondary N) is 1. The van der Waals surface area contributed by atoms with Crippen LogP contribution < -0.4 is 5.32 Å². The summed E-state index contributed by atoms with van der Waals surface area (Å²) in [5, 5.41) is 11.8. The van der Waals surface area contributed by atoms with Crippen molar-refractivity contribution < 1.29 is 4.42 Å². The number of hydrogen-bond donors (Lipinski definition) is 1. The highest BCUT2D eigenvalue weighted by Crippen LogP contribution is 2.26. The van der Waals surface area contributed by atoms with Crippen LogP contribution in [0.5, 0.6) is 0 Å². The predicted octanol–water partition coefficient (Wildman–Crippen LogP) is 3.37. The number of nitrogens with zero attached hydrogens (tertiary/aromatic N) is 3. The minimum absolute atomic E-state index is 0.319. The van der Waals surface area contributed by atoms with Gasteiger partial charge in [-0.3, -0.25) is 4.98 Å². The van der Waals surface area contributed by atoms with E-state index in [-0.39, 0.29) is 0 Å². The Labute approximate surface area is 123 Å². The first-order valence-electron chi connectivity index (χ1n) is 6.90. The SMILES string of the molecule is CCCNC(CC)c1ccc(Sc2nnc(C)o2)cn1. The zero-order valence-electron chi connectivity index (χ0n) is 12.1. The number of pyridine rings is 1. The molecule has 0 fully saturated rings. The van der Waals surface area contributed by atoms with E-state index >= 15 is 0 Å². The average molecular weight is 292 g/mol. The maximum absolute atomic E-state index is 5.34. The van der Waals surface area contributed by atoms with E-state index in [1.54, 1.807) is 6.92 Å². The minimum Gasteiger partial charge on any atom is -0.416 e. The van der Waals surface area contributed by atoms with Gasteiger partial charge < -0.3 is 9.73 Å². The molecule has 0 aromatic carbocycles. The summed E-state index contributed by atoms with van der Waals surface area (Å²) in [5.74, 6) is 0.576. The largest absolute Gasteiger partial charge is 0.416 e. The highest BCUT2D eigenvalue weighted by atomic mass is 32.2. The molecule has 0 saturated carbocycles. The second-order valence-corrected chi connectivity index (χ2v) is 5.55. The summed E-state index contributed by atoms with van der Waals surface area (Å²) >= 11 is 1.43. The summed E-state index contributed by atoms with van der Waals surface area (Å²) in [5.41, 5.74) is 1.08. The van der Waals surface area contributed by atoms with Gasteiger partial charge in [-0.15, -0.1) is 10.2 Å². The lowest BCUT2D eigenvalue weighted by atomic mass is 10.1. The van der Waals surface area contributed by atoms with Crippen molar-refractivity contribution in [1.82, 2.24) is 20.5 Å². The van der Waals surface area contributed by atoms with E-state index in [4.69, 9.17) is 4.42 Å². The third-order valence-corrected chi connectivity index (χ3v) is 3.69. The third kappa shape index (κ3) is 4.05. The van der Waals surface area contributed by atoms with Gasteiger partial charge in [-0.25, -0.2) is 0 Å². The zero-order chi connectivity index (χ0) is 14.4. The predicted molar refractivity (Wildman–Crippen MR) is 78.7 cm³/mol. The summed E-state index contributed by atoms with van der Waals surface area (Å²) in [4.78, 5) is 5.54. The monoisotopic (exact) mass is 292 g/mol. The summed E-state index contributed by atoms with van der Waals surface area (Å²) in [6, 6.07) is 4.42. The molecule has 1 atom stereocenters. The van der Waals surface area contributed by atoms with Crippen LogP contribution in [-0.4, -0.2) is 21.7 Å². The van der Waals surface area contributed by atoms with Crippen molar-refractivity contribution in [2.45, 2.75) is 49.8 Å². The van der Waals surface area contributed by atoms with Crippen LogP contribution in [0.4, 0.5) is 0 Å².